The molecule has 2 heteroatoms. The van der Waals surface area contributed by atoms with Gasteiger partial charge in [0.05, 0.1) is 6.61 Å². The van der Waals surface area contributed by atoms with Crippen molar-refractivity contribution in [2.75, 3.05) is 20.3 Å². The maximum absolute atomic E-state index is 5.20. The lowest BCUT2D eigenvalue weighted by atomic mass is 9.99. The average molecular weight is 201 g/mol. The van der Waals surface area contributed by atoms with Gasteiger partial charge in [0.15, 0.2) is 0 Å². The largest absolute Gasteiger partial charge is 0.383 e. The minimum Gasteiger partial charge on any atom is -0.383 e. The number of rotatable bonds is 9. The summed E-state index contributed by atoms with van der Waals surface area (Å²) in [6.45, 7) is 8.73. The van der Waals surface area contributed by atoms with Crippen LogP contribution in [-0.2, 0) is 4.74 Å². The third kappa shape index (κ3) is 7.34. The number of hydrogen-bond donors (Lipinski definition) is 1. The number of methoxy groups -OCH3 is 1. The summed E-state index contributed by atoms with van der Waals surface area (Å²) in [6.07, 6.45) is 5.03. The molecule has 0 aromatic carbocycles. The molecular formula is C12H27NO. The lowest BCUT2D eigenvalue weighted by Crippen LogP contribution is -2.34. The van der Waals surface area contributed by atoms with Crippen molar-refractivity contribution in [3.05, 3.63) is 0 Å². The van der Waals surface area contributed by atoms with Crippen molar-refractivity contribution < 1.29 is 4.74 Å². The summed E-state index contributed by atoms with van der Waals surface area (Å²) in [5, 5.41) is 3.52. The van der Waals surface area contributed by atoms with Crippen LogP contribution in [-0.4, -0.2) is 26.3 Å². The molecule has 0 amide bonds. The van der Waals surface area contributed by atoms with Crippen LogP contribution >= 0.6 is 0 Å². The van der Waals surface area contributed by atoms with E-state index < -0.39 is 0 Å². The molecule has 0 saturated carbocycles. The van der Waals surface area contributed by atoms with Crippen molar-refractivity contribution in [2.45, 2.75) is 52.5 Å². The van der Waals surface area contributed by atoms with Crippen LogP contribution in [0.4, 0.5) is 0 Å². The molecule has 2 unspecified atom stereocenters. The van der Waals surface area contributed by atoms with Gasteiger partial charge in [-0.05, 0) is 31.7 Å². The molecular weight excluding hydrogens is 174 g/mol. The van der Waals surface area contributed by atoms with Crippen LogP contribution in [0.25, 0.3) is 0 Å². The molecule has 86 valence electrons. The van der Waals surface area contributed by atoms with Crippen LogP contribution in [0.3, 0.4) is 0 Å². The Labute approximate surface area is 89.4 Å². The minimum atomic E-state index is 0.550. The predicted molar refractivity (Wildman–Crippen MR) is 62.6 cm³/mol. The van der Waals surface area contributed by atoms with Crippen molar-refractivity contribution >= 4 is 0 Å². The van der Waals surface area contributed by atoms with Gasteiger partial charge < -0.3 is 10.1 Å². The molecule has 0 rings (SSSR count). The van der Waals surface area contributed by atoms with E-state index in [1.807, 2.05) is 0 Å². The highest BCUT2D eigenvalue weighted by Gasteiger charge is 2.08. The molecule has 0 bridgehead atoms. The highest BCUT2D eigenvalue weighted by molar-refractivity contribution is 4.67. The van der Waals surface area contributed by atoms with Crippen molar-refractivity contribution in [2.24, 2.45) is 5.92 Å². The number of ether oxygens (including phenoxy) is 1. The van der Waals surface area contributed by atoms with Gasteiger partial charge >= 0.3 is 0 Å². The van der Waals surface area contributed by atoms with Crippen molar-refractivity contribution in [1.29, 1.82) is 0 Å². The fraction of sp³-hybridized carbons (Fsp3) is 1.00. The van der Waals surface area contributed by atoms with E-state index >= 15 is 0 Å². The van der Waals surface area contributed by atoms with E-state index in [0.29, 0.717) is 6.04 Å². The van der Waals surface area contributed by atoms with Crippen LogP contribution in [0.15, 0.2) is 0 Å². The molecule has 0 aromatic heterocycles. The third-order valence-corrected chi connectivity index (χ3v) is 2.76. The third-order valence-electron chi connectivity index (χ3n) is 2.76. The SMILES string of the molecule is CCCNC(CCC(C)CC)COC. The van der Waals surface area contributed by atoms with E-state index in [4.69, 9.17) is 4.74 Å². The number of nitrogens with one attached hydrogen (secondary N) is 1. The minimum absolute atomic E-state index is 0.550. The molecule has 0 aromatic rings. The van der Waals surface area contributed by atoms with E-state index in [2.05, 4.69) is 26.1 Å². The Bertz CT molecular complexity index is 117. The van der Waals surface area contributed by atoms with Gasteiger partial charge in [-0.1, -0.05) is 27.2 Å². The topological polar surface area (TPSA) is 21.3 Å². The predicted octanol–water partition coefficient (Wildman–Crippen LogP) is 2.83. The lowest BCUT2D eigenvalue weighted by molar-refractivity contribution is 0.159. The second kappa shape index (κ2) is 9.47. The summed E-state index contributed by atoms with van der Waals surface area (Å²) < 4.78 is 5.20. The first-order valence-electron chi connectivity index (χ1n) is 5.96. The Morgan fingerprint density at radius 1 is 1.21 bits per heavy atom. The van der Waals surface area contributed by atoms with E-state index in [0.717, 1.165) is 19.1 Å². The van der Waals surface area contributed by atoms with Gasteiger partial charge in [-0.3, -0.25) is 0 Å². The Kier molecular flexibility index (Phi) is 9.42. The fourth-order valence-electron chi connectivity index (χ4n) is 1.48. The molecule has 0 saturated heterocycles. The monoisotopic (exact) mass is 201 g/mol. The summed E-state index contributed by atoms with van der Waals surface area (Å²) >= 11 is 0. The van der Waals surface area contributed by atoms with Crippen LogP contribution in [0.5, 0.6) is 0 Å². The zero-order valence-electron chi connectivity index (χ0n) is 10.3. The fourth-order valence-corrected chi connectivity index (χ4v) is 1.48. The molecule has 2 nitrogen and oxygen atoms in total. The molecule has 0 aliphatic carbocycles. The highest BCUT2D eigenvalue weighted by atomic mass is 16.5. The summed E-state index contributed by atoms with van der Waals surface area (Å²) in [6, 6.07) is 0.550. The Morgan fingerprint density at radius 2 is 1.93 bits per heavy atom. The first-order valence-corrected chi connectivity index (χ1v) is 5.96. The van der Waals surface area contributed by atoms with Crippen molar-refractivity contribution in [3.8, 4) is 0 Å². The van der Waals surface area contributed by atoms with Gasteiger partial charge in [-0.2, -0.15) is 0 Å². The maximum atomic E-state index is 5.20. The summed E-state index contributed by atoms with van der Waals surface area (Å²) in [5.41, 5.74) is 0. The molecule has 0 spiro atoms. The second-order valence-electron chi connectivity index (χ2n) is 4.20. The second-order valence-corrected chi connectivity index (χ2v) is 4.20. The van der Waals surface area contributed by atoms with E-state index in [1.165, 1.54) is 25.7 Å². The van der Waals surface area contributed by atoms with Crippen LogP contribution in [0, 0.1) is 5.92 Å². The standard InChI is InChI=1S/C12H27NO/c1-5-9-13-12(10-14-4)8-7-11(3)6-2/h11-13H,5-10H2,1-4H3. The maximum Gasteiger partial charge on any atom is 0.0615 e. The smallest absolute Gasteiger partial charge is 0.0615 e. The van der Waals surface area contributed by atoms with Crippen LogP contribution in [0.1, 0.15) is 46.5 Å². The zero-order chi connectivity index (χ0) is 10.8. The van der Waals surface area contributed by atoms with Gasteiger partial charge in [0.1, 0.15) is 0 Å². The molecule has 14 heavy (non-hydrogen) atoms. The normalized spacial score (nSPS) is 15.4. The quantitative estimate of drug-likeness (QED) is 0.619. The highest BCUT2D eigenvalue weighted by Crippen LogP contribution is 2.11. The summed E-state index contributed by atoms with van der Waals surface area (Å²) in [5.74, 6) is 0.845. The average Bonchev–Trinajstić information content (AvgIpc) is 2.21. The van der Waals surface area contributed by atoms with Gasteiger partial charge in [0.25, 0.3) is 0 Å². The van der Waals surface area contributed by atoms with Crippen molar-refractivity contribution in [1.82, 2.24) is 5.32 Å². The van der Waals surface area contributed by atoms with Gasteiger partial charge in [-0.15, -0.1) is 0 Å². The van der Waals surface area contributed by atoms with E-state index in [-0.39, 0.29) is 0 Å². The first-order chi connectivity index (χ1) is 6.74. The van der Waals surface area contributed by atoms with E-state index in [1.54, 1.807) is 7.11 Å². The molecule has 0 heterocycles. The Hall–Kier alpha value is -0.0800. The van der Waals surface area contributed by atoms with Gasteiger partial charge in [-0.25, -0.2) is 0 Å². The molecule has 0 aliphatic heterocycles. The van der Waals surface area contributed by atoms with E-state index in [9.17, 15) is 0 Å². The first kappa shape index (κ1) is 13.9. The molecule has 0 radical (unpaired) electrons. The summed E-state index contributed by atoms with van der Waals surface area (Å²) in [4.78, 5) is 0. The summed E-state index contributed by atoms with van der Waals surface area (Å²) in [7, 11) is 1.78. The Balaban J connectivity index is 3.60. The number of hydrogen-bond acceptors (Lipinski definition) is 2. The lowest BCUT2D eigenvalue weighted by Gasteiger charge is -2.19. The van der Waals surface area contributed by atoms with Gasteiger partial charge in [0.2, 0.25) is 0 Å². The van der Waals surface area contributed by atoms with Crippen molar-refractivity contribution in [3.63, 3.8) is 0 Å². The molecule has 0 fully saturated rings. The Morgan fingerprint density at radius 3 is 2.43 bits per heavy atom. The molecule has 1 N–H and O–H groups in total. The molecule has 2 atom stereocenters. The molecule has 0 aliphatic rings. The zero-order valence-corrected chi connectivity index (χ0v) is 10.3. The van der Waals surface area contributed by atoms with Gasteiger partial charge in [0, 0.05) is 13.2 Å². The van der Waals surface area contributed by atoms with Crippen LogP contribution < -0.4 is 5.32 Å². The van der Waals surface area contributed by atoms with Crippen LogP contribution in [0.2, 0.25) is 0 Å².